The van der Waals surface area contributed by atoms with E-state index in [-0.39, 0.29) is 22.8 Å². The predicted molar refractivity (Wildman–Crippen MR) is 126 cm³/mol. The van der Waals surface area contributed by atoms with E-state index in [1.807, 2.05) is 0 Å². The molecule has 0 spiro atoms. The largest absolute Gasteiger partial charge is 0.482 e. The number of esters is 3. The summed E-state index contributed by atoms with van der Waals surface area (Å²) in [4.78, 5) is 48.0. The molecule has 0 aromatic heterocycles. The van der Waals surface area contributed by atoms with E-state index in [2.05, 4.69) is 0 Å². The number of carbonyl (C=O) groups is 4. The molecule has 1 aromatic carbocycles. The van der Waals surface area contributed by atoms with Crippen LogP contribution in [0.15, 0.2) is 12.1 Å². The first-order valence-electron chi connectivity index (χ1n) is 11.1. The minimum absolute atomic E-state index is 0.0632. The van der Waals surface area contributed by atoms with E-state index in [0.717, 1.165) is 0 Å². The first-order chi connectivity index (χ1) is 15.9. The molecule has 10 heteroatoms. The van der Waals surface area contributed by atoms with Gasteiger partial charge in [-0.25, -0.2) is 14.4 Å². The Labute approximate surface area is 206 Å². The summed E-state index contributed by atoms with van der Waals surface area (Å²) in [5.41, 5.74) is -2.23. The summed E-state index contributed by atoms with van der Waals surface area (Å²) in [6.45, 7) is 13.9. The van der Waals surface area contributed by atoms with Crippen LogP contribution in [0.3, 0.4) is 0 Å². The van der Waals surface area contributed by atoms with Gasteiger partial charge >= 0.3 is 17.9 Å². The second kappa shape index (κ2) is 11.9. The fourth-order valence-electron chi connectivity index (χ4n) is 2.54. The molecule has 0 N–H and O–H groups in total. The topological polar surface area (TPSA) is 124 Å². The number of carbonyl (C=O) groups excluding carboxylic acids is 4. The Hall–Kier alpha value is -3.30. The molecule has 0 unspecified atom stereocenters. The molecule has 0 amide bonds. The molecule has 0 aliphatic carbocycles. The van der Waals surface area contributed by atoms with Crippen molar-refractivity contribution in [1.29, 1.82) is 0 Å². The highest BCUT2D eigenvalue weighted by atomic mass is 16.6. The van der Waals surface area contributed by atoms with Crippen LogP contribution in [-0.4, -0.2) is 60.8 Å². The van der Waals surface area contributed by atoms with Gasteiger partial charge in [-0.15, -0.1) is 0 Å². The van der Waals surface area contributed by atoms with Crippen molar-refractivity contribution < 1.29 is 47.6 Å². The maximum atomic E-state index is 12.1. The van der Waals surface area contributed by atoms with Gasteiger partial charge in [0.05, 0.1) is 5.56 Å². The molecule has 35 heavy (non-hydrogen) atoms. The minimum atomic E-state index is -0.728. The van der Waals surface area contributed by atoms with E-state index in [1.165, 1.54) is 12.1 Å². The van der Waals surface area contributed by atoms with Gasteiger partial charge in [-0.1, -0.05) is 0 Å². The van der Waals surface area contributed by atoms with E-state index < -0.39 is 54.5 Å². The Kier molecular flexibility index (Phi) is 10.1. The first-order valence-corrected chi connectivity index (χ1v) is 11.1. The van der Waals surface area contributed by atoms with E-state index in [0.29, 0.717) is 6.29 Å². The van der Waals surface area contributed by atoms with Crippen molar-refractivity contribution >= 4 is 24.2 Å². The van der Waals surface area contributed by atoms with Crippen LogP contribution in [0.4, 0.5) is 0 Å². The third-order valence-corrected chi connectivity index (χ3v) is 3.50. The fourth-order valence-corrected chi connectivity index (χ4v) is 2.54. The summed E-state index contributed by atoms with van der Waals surface area (Å²) < 4.78 is 32.1. The lowest BCUT2D eigenvalue weighted by Crippen LogP contribution is -2.28. The van der Waals surface area contributed by atoms with Crippen LogP contribution in [0, 0.1) is 0 Å². The van der Waals surface area contributed by atoms with E-state index in [9.17, 15) is 19.2 Å². The summed E-state index contributed by atoms with van der Waals surface area (Å²) in [5, 5.41) is 0. The molecule has 1 aromatic rings. The lowest BCUT2D eigenvalue weighted by Gasteiger charge is -2.21. The first kappa shape index (κ1) is 29.7. The van der Waals surface area contributed by atoms with Crippen molar-refractivity contribution in [3.05, 3.63) is 17.7 Å². The molecule has 0 aliphatic heterocycles. The zero-order valence-electron chi connectivity index (χ0n) is 21.9. The van der Waals surface area contributed by atoms with Crippen molar-refractivity contribution in [2.75, 3.05) is 19.8 Å². The van der Waals surface area contributed by atoms with Crippen LogP contribution in [-0.2, 0) is 28.6 Å². The maximum absolute atomic E-state index is 12.1. The van der Waals surface area contributed by atoms with E-state index in [4.69, 9.17) is 28.4 Å². The molecule has 0 heterocycles. The van der Waals surface area contributed by atoms with Gasteiger partial charge < -0.3 is 28.4 Å². The van der Waals surface area contributed by atoms with Gasteiger partial charge in [0.2, 0.25) is 0 Å². The smallest absolute Gasteiger partial charge is 0.344 e. The minimum Gasteiger partial charge on any atom is -0.482 e. The molecule has 0 saturated carbocycles. The van der Waals surface area contributed by atoms with Gasteiger partial charge in [-0.05, 0) is 62.3 Å². The van der Waals surface area contributed by atoms with Crippen molar-refractivity contribution in [3.8, 4) is 17.2 Å². The van der Waals surface area contributed by atoms with Crippen LogP contribution in [0.25, 0.3) is 0 Å². The highest BCUT2D eigenvalue weighted by molar-refractivity contribution is 5.85. The molecule has 0 atom stereocenters. The summed E-state index contributed by atoms with van der Waals surface area (Å²) >= 11 is 0. The molecule has 1 rings (SSSR count). The van der Waals surface area contributed by atoms with Crippen LogP contribution in [0.2, 0.25) is 0 Å². The van der Waals surface area contributed by atoms with Crippen LogP contribution < -0.4 is 14.2 Å². The average Bonchev–Trinajstić information content (AvgIpc) is 2.65. The Morgan fingerprint density at radius 2 is 0.943 bits per heavy atom. The molecule has 10 nitrogen and oxygen atoms in total. The summed E-state index contributed by atoms with van der Waals surface area (Å²) in [5.74, 6) is -1.99. The number of aldehydes is 1. The number of benzene rings is 1. The molecular weight excluding hydrogens is 460 g/mol. The summed E-state index contributed by atoms with van der Waals surface area (Å²) in [6, 6.07) is 2.64. The number of hydrogen-bond acceptors (Lipinski definition) is 10. The normalized spacial score (nSPS) is 11.8. The van der Waals surface area contributed by atoms with Gasteiger partial charge in [-0.3, -0.25) is 4.79 Å². The van der Waals surface area contributed by atoms with Gasteiger partial charge in [0.15, 0.2) is 26.1 Å². The Morgan fingerprint density at radius 3 is 1.23 bits per heavy atom. The number of hydrogen-bond donors (Lipinski definition) is 0. The molecular formula is C25H36O10. The van der Waals surface area contributed by atoms with Crippen molar-refractivity contribution in [1.82, 2.24) is 0 Å². The third kappa shape index (κ3) is 12.7. The van der Waals surface area contributed by atoms with Crippen molar-refractivity contribution in [3.63, 3.8) is 0 Å². The van der Waals surface area contributed by atoms with Crippen LogP contribution >= 0.6 is 0 Å². The Morgan fingerprint density at radius 1 is 0.629 bits per heavy atom. The number of ether oxygens (including phenoxy) is 6. The van der Waals surface area contributed by atoms with Gasteiger partial charge in [0.25, 0.3) is 0 Å². The SMILES string of the molecule is CC(C)(C)OC(=O)COc1cc(OCC(=O)OC(C)(C)C)c(C=O)c(OCC(=O)OC(C)(C)C)c1. The average molecular weight is 497 g/mol. The Balaban J connectivity index is 3.14. The zero-order valence-corrected chi connectivity index (χ0v) is 21.9. The lowest BCUT2D eigenvalue weighted by atomic mass is 10.2. The molecule has 0 aliphatic rings. The highest BCUT2D eigenvalue weighted by Gasteiger charge is 2.22. The summed E-state index contributed by atoms with van der Waals surface area (Å²) in [6.07, 6.45) is 0.451. The predicted octanol–water partition coefficient (Wildman–Crippen LogP) is 3.66. The standard InChI is InChI=1S/C25H36O10/c1-23(2,3)33-20(27)13-30-16-10-18(31-14-21(28)34-24(4,5)6)17(12-26)19(11-16)32-15-22(29)35-25(7,8)9/h10-12H,13-15H2,1-9H3. The fraction of sp³-hybridized carbons (Fsp3) is 0.600. The highest BCUT2D eigenvalue weighted by Crippen LogP contribution is 2.33. The molecule has 0 bridgehead atoms. The van der Waals surface area contributed by atoms with Gasteiger partial charge in [-0.2, -0.15) is 0 Å². The van der Waals surface area contributed by atoms with Crippen molar-refractivity contribution in [2.45, 2.75) is 79.1 Å². The quantitative estimate of drug-likeness (QED) is 0.269. The maximum Gasteiger partial charge on any atom is 0.344 e. The Bertz CT molecular complexity index is 861. The van der Waals surface area contributed by atoms with Gasteiger partial charge in [0.1, 0.15) is 34.1 Å². The molecule has 196 valence electrons. The second-order valence-electron chi connectivity index (χ2n) is 10.6. The lowest BCUT2D eigenvalue weighted by molar-refractivity contribution is -0.158. The molecule has 0 saturated heterocycles. The van der Waals surface area contributed by atoms with Gasteiger partial charge in [0, 0.05) is 12.1 Å². The van der Waals surface area contributed by atoms with Crippen LogP contribution in [0.1, 0.15) is 72.7 Å². The van der Waals surface area contributed by atoms with Crippen molar-refractivity contribution in [2.24, 2.45) is 0 Å². The number of rotatable bonds is 10. The zero-order chi connectivity index (χ0) is 27.0. The molecule has 0 fully saturated rings. The molecule has 0 radical (unpaired) electrons. The van der Waals surface area contributed by atoms with Crippen LogP contribution in [0.5, 0.6) is 17.2 Å². The third-order valence-electron chi connectivity index (χ3n) is 3.50. The van der Waals surface area contributed by atoms with E-state index in [1.54, 1.807) is 62.3 Å². The summed E-state index contributed by atoms with van der Waals surface area (Å²) in [7, 11) is 0. The monoisotopic (exact) mass is 496 g/mol. The van der Waals surface area contributed by atoms with E-state index >= 15 is 0 Å². The second-order valence-corrected chi connectivity index (χ2v) is 10.6.